The summed E-state index contributed by atoms with van der Waals surface area (Å²) in [6.07, 6.45) is 3.84. The van der Waals surface area contributed by atoms with Gasteiger partial charge in [0.25, 0.3) is 0 Å². The first-order valence-electron chi connectivity index (χ1n) is 7.94. The Labute approximate surface area is 126 Å². The number of carboxylic acids is 1. The van der Waals surface area contributed by atoms with Gasteiger partial charge in [-0.3, -0.25) is 9.69 Å². The summed E-state index contributed by atoms with van der Waals surface area (Å²) in [7, 11) is 0. The van der Waals surface area contributed by atoms with E-state index in [9.17, 15) is 4.79 Å². The van der Waals surface area contributed by atoms with Crippen molar-refractivity contribution in [1.29, 1.82) is 0 Å². The Hall–Kier alpha value is -1.39. The Morgan fingerprint density at radius 1 is 1.24 bits per heavy atom. The first kappa shape index (κ1) is 14.5. The second-order valence-electron chi connectivity index (χ2n) is 6.45. The van der Waals surface area contributed by atoms with E-state index in [1.807, 2.05) is 6.07 Å². The minimum atomic E-state index is -0.667. The summed E-state index contributed by atoms with van der Waals surface area (Å²) in [4.78, 5) is 13.5. The lowest BCUT2D eigenvalue weighted by molar-refractivity contribution is -0.138. The predicted octanol–water partition coefficient (Wildman–Crippen LogP) is 2.10. The van der Waals surface area contributed by atoms with E-state index < -0.39 is 5.97 Å². The summed E-state index contributed by atoms with van der Waals surface area (Å²) in [5, 5.41) is 12.7. The number of likely N-dealkylation sites (tertiary alicyclic amines) is 1. The highest BCUT2D eigenvalue weighted by molar-refractivity contribution is 5.67. The van der Waals surface area contributed by atoms with Gasteiger partial charge >= 0.3 is 5.97 Å². The number of nitrogens with zero attached hydrogens (tertiary/aromatic N) is 1. The van der Waals surface area contributed by atoms with Crippen molar-refractivity contribution in [3.05, 3.63) is 35.9 Å². The van der Waals surface area contributed by atoms with Crippen molar-refractivity contribution in [1.82, 2.24) is 10.2 Å². The number of carboxylic acid groups (broad SMARTS) is 1. The van der Waals surface area contributed by atoms with Gasteiger partial charge in [-0.15, -0.1) is 0 Å². The van der Waals surface area contributed by atoms with Crippen molar-refractivity contribution in [2.75, 3.05) is 13.1 Å². The van der Waals surface area contributed by atoms with Crippen LogP contribution in [0, 0.1) is 5.92 Å². The SMILES string of the molecule is O=C(O)CC1CC(NCc2ccccc2)CN(C2CC2)C1. The smallest absolute Gasteiger partial charge is 0.303 e. The molecule has 3 rings (SSSR count). The van der Waals surface area contributed by atoms with Crippen LogP contribution in [0.1, 0.15) is 31.2 Å². The average Bonchev–Trinajstić information content (AvgIpc) is 3.30. The standard InChI is InChI=1S/C17H24N2O2/c20-17(21)9-14-8-15(12-19(11-14)16-6-7-16)18-10-13-4-2-1-3-5-13/h1-5,14-16,18H,6-12H2,(H,20,21). The van der Waals surface area contributed by atoms with Crippen LogP contribution in [0.5, 0.6) is 0 Å². The number of rotatable bonds is 6. The van der Waals surface area contributed by atoms with Gasteiger partial charge in [0.1, 0.15) is 0 Å². The Morgan fingerprint density at radius 2 is 2.00 bits per heavy atom. The molecule has 2 aliphatic rings. The van der Waals surface area contributed by atoms with Crippen molar-refractivity contribution < 1.29 is 9.90 Å². The molecule has 21 heavy (non-hydrogen) atoms. The normalized spacial score (nSPS) is 26.7. The molecule has 0 spiro atoms. The maximum Gasteiger partial charge on any atom is 0.303 e. The Bertz CT molecular complexity index is 473. The summed E-state index contributed by atoms with van der Waals surface area (Å²) in [5.74, 6) is -0.385. The second kappa shape index (κ2) is 6.58. The van der Waals surface area contributed by atoms with Gasteiger partial charge in [0.05, 0.1) is 0 Å². The first-order chi connectivity index (χ1) is 10.2. The van der Waals surface area contributed by atoms with Crippen molar-refractivity contribution in [2.24, 2.45) is 5.92 Å². The topological polar surface area (TPSA) is 52.6 Å². The molecule has 2 atom stereocenters. The van der Waals surface area contributed by atoms with Gasteiger partial charge in [-0.2, -0.15) is 0 Å². The highest BCUT2D eigenvalue weighted by atomic mass is 16.4. The molecular weight excluding hydrogens is 264 g/mol. The van der Waals surface area contributed by atoms with E-state index in [1.54, 1.807) is 0 Å². The Balaban J connectivity index is 1.56. The summed E-state index contributed by atoms with van der Waals surface area (Å²) < 4.78 is 0. The van der Waals surface area contributed by atoms with E-state index in [0.29, 0.717) is 18.5 Å². The molecule has 4 nitrogen and oxygen atoms in total. The zero-order valence-corrected chi connectivity index (χ0v) is 12.4. The minimum Gasteiger partial charge on any atom is -0.481 e. The zero-order chi connectivity index (χ0) is 14.7. The summed E-state index contributed by atoms with van der Waals surface area (Å²) in [6, 6.07) is 11.5. The van der Waals surface area contributed by atoms with Gasteiger partial charge in [-0.1, -0.05) is 30.3 Å². The molecular formula is C17H24N2O2. The molecule has 2 fully saturated rings. The van der Waals surface area contributed by atoms with Crippen LogP contribution in [0.4, 0.5) is 0 Å². The van der Waals surface area contributed by atoms with Gasteiger partial charge < -0.3 is 10.4 Å². The van der Waals surface area contributed by atoms with Crippen LogP contribution in [0.3, 0.4) is 0 Å². The fourth-order valence-corrected chi connectivity index (χ4v) is 3.38. The molecule has 1 saturated carbocycles. The maximum absolute atomic E-state index is 11.0. The number of aliphatic carboxylic acids is 1. The number of piperidine rings is 1. The highest BCUT2D eigenvalue weighted by Crippen LogP contribution is 2.32. The van der Waals surface area contributed by atoms with Gasteiger partial charge in [-0.25, -0.2) is 0 Å². The molecule has 1 aromatic carbocycles. The van der Waals surface area contributed by atoms with Crippen LogP contribution in [-0.2, 0) is 11.3 Å². The number of hydrogen-bond acceptors (Lipinski definition) is 3. The Morgan fingerprint density at radius 3 is 2.67 bits per heavy atom. The van der Waals surface area contributed by atoms with Crippen LogP contribution in [0.15, 0.2) is 30.3 Å². The fourth-order valence-electron chi connectivity index (χ4n) is 3.38. The quantitative estimate of drug-likeness (QED) is 0.842. The van der Waals surface area contributed by atoms with Crippen molar-refractivity contribution in [2.45, 2.75) is 44.3 Å². The highest BCUT2D eigenvalue weighted by Gasteiger charge is 2.36. The lowest BCUT2D eigenvalue weighted by atomic mass is 9.91. The lowest BCUT2D eigenvalue weighted by Gasteiger charge is -2.38. The van der Waals surface area contributed by atoms with E-state index in [4.69, 9.17) is 5.11 Å². The minimum absolute atomic E-state index is 0.283. The van der Waals surface area contributed by atoms with Crippen LogP contribution in [0.25, 0.3) is 0 Å². The largest absolute Gasteiger partial charge is 0.481 e. The number of carbonyl (C=O) groups is 1. The molecule has 1 aromatic rings. The fraction of sp³-hybridized carbons (Fsp3) is 0.588. The molecule has 114 valence electrons. The average molecular weight is 288 g/mol. The van der Waals surface area contributed by atoms with E-state index in [1.165, 1.54) is 18.4 Å². The van der Waals surface area contributed by atoms with E-state index >= 15 is 0 Å². The number of hydrogen-bond donors (Lipinski definition) is 2. The van der Waals surface area contributed by atoms with E-state index in [-0.39, 0.29) is 5.92 Å². The van der Waals surface area contributed by atoms with Gasteiger partial charge in [-0.05, 0) is 30.7 Å². The first-order valence-corrected chi connectivity index (χ1v) is 7.94. The third-order valence-corrected chi connectivity index (χ3v) is 4.53. The van der Waals surface area contributed by atoms with E-state index in [0.717, 1.165) is 26.1 Å². The second-order valence-corrected chi connectivity index (χ2v) is 6.45. The van der Waals surface area contributed by atoms with Crippen LogP contribution < -0.4 is 5.32 Å². The van der Waals surface area contributed by atoms with Crippen LogP contribution in [0.2, 0.25) is 0 Å². The molecule has 0 bridgehead atoms. The zero-order valence-electron chi connectivity index (χ0n) is 12.4. The number of benzene rings is 1. The summed E-state index contributed by atoms with van der Waals surface area (Å²) >= 11 is 0. The van der Waals surface area contributed by atoms with Gasteiger partial charge in [0.15, 0.2) is 0 Å². The molecule has 1 aliphatic heterocycles. The third kappa shape index (κ3) is 4.29. The maximum atomic E-state index is 11.0. The molecule has 0 amide bonds. The molecule has 0 aromatic heterocycles. The molecule has 0 radical (unpaired) electrons. The third-order valence-electron chi connectivity index (χ3n) is 4.53. The monoisotopic (exact) mass is 288 g/mol. The van der Waals surface area contributed by atoms with Crippen molar-refractivity contribution in [3.63, 3.8) is 0 Å². The van der Waals surface area contributed by atoms with Crippen molar-refractivity contribution >= 4 is 5.97 Å². The molecule has 2 unspecified atom stereocenters. The number of nitrogens with one attached hydrogen (secondary N) is 1. The molecule has 1 aliphatic carbocycles. The molecule has 4 heteroatoms. The molecule has 1 heterocycles. The Kier molecular flexibility index (Phi) is 4.56. The molecule has 2 N–H and O–H groups in total. The van der Waals surface area contributed by atoms with Crippen LogP contribution >= 0.6 is 0 Å². The van der Waals surface area contributed by atoms with Gasteiger partial charge in [0.2, 0.25) is 0 Å². The molecule has 1 saturated heterocycles. The van der Waals surface area contributed by atoms with Crippen LogP contribution in [-0.4, -0.2) is 41.1 Å². The summed E-state index contributed by atoms with van der Waals surface area (Å²) in [6.45, 7) is 2.89. The predicted molar refractivity (Wildman–Crippen MR) is 82.0 cm³/mol. The van der Waals surface area contributed by atoms with Gasteiger partial charge in [0, 0.05) is 38.1 Å². The van der Waals surface area contributed by atoms with Crippen molar-refractivity contribution in [3.8, 4) is 0 Å². The lowest BCUT2D eigenvalue weighted by Crippen LogP contribution is -2.50. The summed E-state index contributed by atoms with van der Waals surface area (Å²) in [5.41, 5.74) is 1.29. The van der Waals surface area contributed by atoms with E-state index in [2.05, 4.69) is 34.5 Å².